The van der Waals surface area contributed by atoms with E-state index in [1.54, 1.807) is 0 Å². The molecule has 0 aromatic carbocycles. The van der Waals surface area contributed by atoms with Crippen LogP contribution in [-0.4, -0.2) is 37.9 Å². The van der Waals surface area contributed by atoms with Gasteiger partial charge in [-0.1, -0.05) is 156 Å². The van der Waals surface area contributed by atoms with E-state index in [2.05, 4.69) is 130 Å². The summed E-state index contributed by atoms with van der Waals surface area (Å²) in [5, 5.41) is 0. The van der Waals surface area contributed by atoms with E-state index in [9.17, 15) is 9.59 Å². The third kappa shape index (κ3) is 39.3. The number of rotatable bonds is 35. The molecule has 0 N–H and O–H groups in total. The maximum absolute atomic E-state index is 12.5. The Morgan fingerprint density at radius 2 is 0.865 bits per heavy atom. The Bertz CT molecular complexity index is 1090. The van der Waals surface area contributed by atoms with Crippen LogP contribution in [0.25, 0.3) is 0 Å². The number of unbranched alkanes of at least 4 members (excludes halogenated alkanes) is 6. The number of carbonyl (C=O) groups excluding carboxylic acids is 2. The van der Waals surface area contributed by atoms with Gasteiger partial charge in [0.15, 0.2) is 6.10 Å². The Kier molecular flexibility index (Phi) is 39.2. The van der Waals surface area contributed by atoms with E-state index in [0.717, 1.165) is 103 Å². The van der Waals surface area contributed by atoms with Crippen molar-refractivity contribution in [2.45, 2.75) is 155 Å². The molecular weight excluding hydrogens is 645 g/mol. The van der Waals surface area contributed by atoms with Crippen LogP contribution in [-0.2, 0) is 23.8 Å². The minimum absolute atomic E-state index is 0.0267. The fourth-order valence-electron chi connectivity index (χ4n) is 4.86. The summed E-state index contributed by atoms with van der Waals surface area (Å²) in [6, 6.07) is 0. The first-order valence-corrected chi connectivity index (χ1v) is 20.4. The van der Waals surface area contributed by atoms with Gasteiger partial charge in [0.05, 0.1) is 13.2 Å². The molecule has 0 aliphatic heterocycles. The first-order valence-electron chi connectivity index (χ1n) is 20.4. The number of carbonyl (C=O) groups is 2. The Morgan fingerprint density at radius 1 is 0.442 bits per heavy atom. The second kappa shape index (κ2) is 42.0. The molecular formula is C47H74O5. The standard InChI is InChI=1S/C47H74O5/c1-4-7-10-13-15-17-19-21-23-25-27-29-31-33-36-39-42-50-43-45(52-47(49)41-38-34-12-9-6-3)44-51-46(48)40-37-35-32-30-28-26-24-22-20-18-16-14-11-8-5-2/h7-8,10-11,15-18,21-24,27-30,33,36,45H,4-6,9,12-14,19-20,25-26,31-32,34-35,37-44H2,1-3H3/b10-7-,11-8-,17-15-,18-16-,23-21-,24-22-,29-27-,30-28-,36-33-. The topological polar surface area (TPSA) is 61.8 Å². The molecule has 0 fully saturated rings. The summed E-state index contributed by atoms with van der Waals surface area (Å²) in [5.74, 6) is -0.513. The van der Waals surface area contributed by atoms with Crippen molar-refractivity contribution in [3.63, 3.8) is 0 Å². The van der Waals surface area contributed by atoms with Crippen LogP contribution in [0.5, 0.6) is 0 Å². The fraction of sp³-hybridized carbons (Fsp3) is 0.574. The molecule has 0 aliphatic carbocycles. The van der Waals surface area contributed by atoms with Crippen molar-refractivity contribution in [2.24, 2.45) is 0 Å². The van der Waals surface area contributed by atoms with Crippen LogP contribution in [0.1, 0.15) is 149 Å². The van der Waals surface area contributed by atoms with Crippen molar-refractivity contribution in [3.05, 3.63) is 109 Å². The first-order chi connectivity index (χ1) is 25.6. The van der Waals surface area contributed by atoms with Crippen LogP contribution in [0.3, 0.4) is 0 Å². The predicted molar refractivity (Wildman–Crippen MR) is 223 cm³/mol. The molecule has 0 heterocycles. The fourth-order valence-corrected chi connectivity index (χ4v) is 4.86. The molecule has 1 unspecified atom stereocenters. The summed E-state index contributed by atoms with van der Waals surface area (Å²) >= 11 is 0. The molecule has 0 saturated heterocycles. The van der Waals surface area contributed by atoms with Gasteiger partial charge in [-0.05, 0) is 89.9 Å². The van der Waals surface area contributed by atoms with Crippen molar-refractivity contribution in [2.75, 3.05) is 19.8 Å². The molecule has 0 saturated carbocycles. The summed E-state index contributed by atoms with van der Waals surface area (Å²) in [7, 11) is 0. The van der Waals surface area contributed by atoms with Crippen LogP contribution in [0.2, 0.25) is 0 Å². The summed E-state index contributed by atoms with van der Waals surface area (Å²) < 4.78 is 17.0. The van der Waals surface area contributed by atoms with Gasteiger partial charge in [-0.3, -0.25) is 9.59 Å². The quantitative estimate of drug-likeness (QED) is 0.0371. The van der Waals surface area contributed by atoms with Gasteiger partial charge in [0.1, 0.15) is 6.61 Å². The van der Waals surface area contributed by atoms with Crippen molar-refractivity contribution >= 4 is 11.9 Å². The minimum Gasteiger partial charge on any atom is -0.462 e. The van der Waals surface area contributed by atoms with Gasteiger partial charge < -0.3 is 14.2 Å². The third-order valence-corrected chi connectivity index (χ3v) is 7.82. The Balaban J connectivity index is 4.32. The molecule has 0 aliphatic rings. The third-order valence-electron chi connectivity index (χ3n) is 7.82. The predicted octanol–water partition coefficient (Wildman–Crippen LogP) is 13.3. The Morgan fingerprint density at radius 3 is 1.37 bits per heavy atom. The van der Waals surface area contributed by atoms with Gasteiger partial charge in [-0.2, -0.15) is 0 Å². The Labute approximate surface area is 319 Å². The van der Waals surface area contributed by atoms with Crippen LogP contribution < -0.4 is 0 Å². The van der Waals surface area contributed by atoms with Crippen molar-refractivity contribution < 1.29 is 23.8 Å². The summed E-state index contributed by atoms with van der Waals surface area (Å²) in [6.07, 6.45) is 57.0. The van der Waals surface area contributed by atoms with E-state index < -0.39 is 6.10 Å². The van der Waals surface area contributed by atoms with E-state index in [1.807, 2.05) is 0 Å². The van der Waals surface area contributed by atoms with Crippen LogP contribution >= 0.6 is 0 Å². The summed E-state index contributed by atoms with van der Waals surface area (Å²) in [6.45, 7) is 7.23. The number of hydrogen-bond acceptors (Lipinski definition) is 5. The van der Waals surface area contributed by atoms with Gasteiger partial charge in [0.2, 0.25) is 0 Å². The maximum atomic E-state index is 12.5. The van der Waals surface area contributed by atoms with Crippen LogP contribution in [0.15, 0.2) is 109 Å². The highest BCUT2D eigenvalue weighted by molar-refractivity contribution is 5.70. The zero-order valence-electron chi connectivity index (χ0n) is 33.3. The lowest BCUT2D eigenvalue weighted by molar-refractivity contribution is -0.162. The van der Waals surface area contributed by atoms with E-state index in [-0.39, 0.29) is 25.2 Å². The zero-order valence-corrected chi connectivity index (χ0v) is 33.3. The van der Waals surface area contributed by atoms with Gasteiger partial charge in [-0.15, -0.1) is 0 Å². The molecule has 292 valence electrons. The minimum atomic E-state index is -0.593. The molecule has 0 aromatic heterocycles. The van der Waals surface area contributed by atoms with Crippen LogP contribution in [0.4, 0.5) is 0 Å². The molecule has 0 radical (unpaired) electrons. The SMILES string of the molecule is CC/C=C\C/C=C\C/C=C\C/C=C\C/C=C\CCOCC(COC(=O)CCCC/C=C\C/C=C\C/C=C\C/C=C\CC)OC(=O)CCCCCCC. The molecule has 0 aromatic rings. The smallest absolute Gasteiger partial charge is 0.306 e. The normalized spacial score (nSPS) is 13.4. The molecule has 5 heteroatoms. The Hall–Kier alpha value is -3.44. The molecule has 5 nitrogen and oxygen atoms in total. The monoisotopic (exact) mass is 719 g/mol. The van der Waals surface area contributed by atoms with Crippen molar-refractivity contribution in [1.82, 2.24) is 0 Å². The van der Waals surface area contributed by atoms with Crippen LogP contribution in [0, 0.1) is 0 Å². The molecule has 1 atom stereocenters. The van der Waals surface area contributed by atoms with Gasteiger partial charge in [-0.25, -0.2) is 0 Å². The molecule has 0 spiro atoms. The van der Waals surface area contributed by atoms with E-state index >= 15 is 0 Å². The average Bonchev–Trinajstić information content (AvgIpc) is 3.14. The van der Waals surface area contributed by atoms with Gasteiger partial charge in [0.25, 0.3) is 0 Å². The van der Waals surface area contributed by atoms with Crippen molar-refractivity contribution in [3.8, 4) is 0 Å². The number of allylic oxidation sites excluding steroid dienone is 17. The summed E-state index contributed by atoms with van der Waals surface area (Å²) in [5.41, 5.74) is 0. The highest BCUT2D eigenvalue weighted by Crippen LogP contribution is 2.09. The molecule has 0 rings (SSSR count). The second-order valence-electron chi connectivity index (χ2n) is 12.8. The number of hydrogen-bond donors (Lipinski definition) is 0. The lowest BCUT2D eigenvalue weighted by Crippen LogP contribution is -2.30. The first kappa shape index (κ1) is 48.6. The lowest BCUT2D eigenvalue weighted by Gasteiger charge is -2.18. The highest BCUT2D eigenvalue weighted by atomic mass is 16.6. The number of esters is 2. The largest absolute Gasteiger partial charge is 0.462 e. The second-order valence-corrected chi connectivity index (χ2v) is 12.8. The maximum Gasteiger partial charge on any atom is 0.306 e. The van der Waals surface area contributed by atoms with Gasteiger partial charge >= 0.3 is 11.9 Å². The van der Waals surface area contributed by atoms with Gasteiger partial charge in [0, 0.05) is 12.8 Å². The number of ether oxygens (including phenoxy) is 3. The van der Waals surface area contributed by atoms with E-state index in [1.165, 1.54) is 12.8 Å². The zero-order chi connectivity index (χ0) is 37.8. The lowest BCUT2D eigenvalue weighted by atomic mass is 10.1. The highest BCUT2D eigenvalue weighted by Gasteiger charge is 2.17. The molecule has 0 amide bonds. The molecule has 52 heavy (non-hydrogen) atoms. The summed E-state index contributed by atoms with van der Waals surface area (Å²) in [4.78, 5) is 24.9. The average molecular weight is 719 g/mol. The van der Waals surface area contributed by atoms with Crippen molar-refractivity contribution in [1.29, 1.82) is 0 Å². The van der Waals surface area contributed by atoms with E-state index in [0.29, 0.717) is 19.4 Å². The molecule has 0 bridgehead atoms. The van der Waals surface area contributed by atoms with E-state index in [4.69, 9.17) is 14.2 Å².